The number of nitrogens with one attached hydrogen (secondary N) is 1. The maximum atomic E-state index is 12.8. The molecule has 0 aromatic heterocycles. The van der Waals surface area contributed by atoms with Gasteiger partial charge in [-0.05, 0) is 81.4 Å². The van der Waals surface area contributed by atoms with Gasteiger partial charge in [0, 0.05) is 6.04 Å². The molecule has 4 rings (SSSR count). The normalized spacial score (nSPS) is 31.1. The Bertz CT molecular complexity index is 684. The Morgan fingerprint density at radius 2 is 1.89 bits per heavy atom. The van der Waals surface area contributed by atoms with E-state index in [0.29, 0.717) is 17.9 Å². The molecular formula is C22H32N2O3. The van der Waals surface area contributed by atoms with E-state index in [-0.39, 0.29) is 23.9 Å². The molecule has 3 fully saturated rings. The van der Waals surface area contributed by atoms with Crippen LogP contribution < -0.4 is 20.5 Å². The quantitative estimate of drug-likeness (QED) is 0.801. The van der Waals surface area contributed by atoms with Gasteiger partial charge in [-0.25, -0.2) is 0 Å². The molecule has 148 valence electrons. The molecule has 3 N–H and O–H groups in total. The van der Waals surface area contributed by atoms with Gasteiger partial charge in [0.2, 0.25) is 5.91 Å². The van der Waals surface area contributed by atoms with Gasteiger partial charge in [-0.1, -0.05) is 6.07 Å². The van der Waals surface area contributed by atoms with Crippen molar-refractivity contribution in [1.29, 1.82) is 0 Å². The first kappa shape index (κ1) is 18.6. The van der Waals surface area contributed by atoms with Crippen molar-refractivity contribution in [2.45, 2.75) is 70.1 Å². The molecule has 1 aromatic carbocycles. The fourth-order valence-electron chi connectivity index (χ4n) is 5.35. The molecule has 1 amide bonds. The second kappa shape index (κ2) is 7.70. The lowest BCUT2D eigenvalue weighted by molar-refractivity contribution is -0.127. The topological polar surface area (TPSA) is 73.6 Å². The van der Waals surface area contributed by atoms with E-state index in [0.717, 1.165) is 42.7 Å². The number of carbonyl (C=O) groups excluding carboxylic acids is 1. The zero-order chi connectivity index (χ0) is 19.0. The lowest BCUT2D eigenvalue weighted by Crippen LogP contribution is -2.45. The van der Waals surface area contributed by atoms with E-state index < -0.39 is 0 Å². The molecule has 5 nitrogen and oxygen atoms in total. The van der Waals surface area contributed by atoms with Crippen LogP contribution in [0.15, 0.2) is 18.2 Å². The number of benzene rings is 1. The second-order valence-corrected chi connectivity index (χ2v) is 8.60. The van der Waals surface area contributed by atoms with Crippen LogP contribution in [0.4, 0.5) is 0 Å². The number of amides is 1. The predicted octanol–water partition coefficient (Wildman–Crippen LogP) is 3.57. The lowest BCUT2D eigenvalue weighted by atomic mass is 9.84. The first-order valence-corrected chi connectivity index (χ1v) is 10.5. The van der Waals surface area contributed by atoms with Gasteiger partial charge in [-0.15, -0.1) is 0 Å². The monoisotopic (exact) mass is 372 g/mol. The summed E-state index contributed by atoms with van der Waals surface area (Å²) in [5.41, 5.74) is 7.35. The fraction of sp³-hybridized carbons (Fsp3) is 0.682. The maximum Gasteiger partial charge on any atom is 0.225 e. The average Bonchev–Trinajstić information content (AvgIpc) is 3.39. The number of methoxy groups -OCH3 is 1. The zero-order valence-electron chi connectivity index (χ0n) is 16.4. The van der Waals surface area contributed by atoms with Crippen LogP contribution >= 0.6 is 0 Å². The van der Waals surface area contributed by atoms with Crippen LogP contribution in [0.5, 0.6) is 11.5 Å². The molecule has 1 aromatic rings. The van der Waals surface area contributed by atoms with Crippen molar-refractivity contribution in [2.75, 3.05) is 7.11 Å². The Hall–Kier alpha value is -1.75. The lowest BCUT2D eigenvalue weighted by Gasteiger charge is -2.28. The van der Waals surface area contributed by atoms with Crippen molar-refractivity contribution in [2.24, 2.45) is 23.5 Å². The van der Waals surface area contributed by atoms with Crippen molar-refractivity contribution in [3.63, 3.8) is 0 Å². The number of carbonyl (C=O) groups is 1. The first-order valence-electron chi connectivity index (χ1n) is 10.5. The number of fused-ring (bicyclic) bond motifs is 2. The Kier molecular flexibility index (Phi) is 5.31. The van der Waals surface area contributed by atoms with E-state index in [1.165, 1.54) is 19.3 Å². The Labute approximate surface area is 162 Å². The molecule has 3 aliphatic carbocycles. The molecule has 3 saturated carbocycles. The highest BCUT2D eigenvalue weighted by atomic mass is 16.5. The van der Waals surface area contributed by atoms with Gasteiger partial charge in [-0.2, -0.15) is 0 Å². The summed E-state index contributed by atoms with van der Waals surface area (Å²) in [4.78, 5) is 12.8. The molecule has 0 heterocycles. The summed E-state index contributed by atoms with van der Waals surface area (Å²) in [5.74, 6) is 2.60. The van der Waals surface area contributed by atoms with Crippen molar-refractivity contribution >= 4 is 5.91 Å². The molecular weight excluding hydrogens is 340 g/mol. The largest absolute Gasteiger partial charge is 0.493 e. The van der Waals surface area contributed by atoms with Crippen LogP contribution in [0.1, 0.15) is 63.5 Å². The first-order chi connectivity index (χ1) is 13.1. The van der Waals surface area contributed by atoms with Gasteiger partial charge in [0.05, 0.1) is 25.2 Å². The van der Waals surface area contributed by atoms with E-state index in [9.17, 15) is 4.79 Å². The second-order valence-electron chi connectivity index (χ2n) is 8.60. The average molecular weight is 373 g/mol. The van der Waals surface area contributed by atoms with Gasteiger partial charge in [0.1, 0.15) is 0 Å². The number of hydrogen-bond donors (Lipinski definition) is 2. The summed E-state index contributed by atoms with van der Waals surface area (Å²) in [7, 11) is 1.66. The van der Waals surface area contributed by atoms with E-state index >= 15 is 0 Å². The van der Waals surface area contributed by atoms with Crippen LogP contribution in [0.2, 0.25) is 0 Å². The van der Waals surface area contributed by atoms with Crippen LogP contribution in [-0.2, 0) is 4.79 Å². The SMILES string of the molecule is COc1cc(C(C)NC(=O)C2C3CCC(C3)C2N)ccc1OC1CCCC1. The van der Waals surface area contributed by atoms with E-state index in [2.05, 4.69) is 5.32 Å². The minimum absolute atomic E-state index is 0.0210. The molecule has 3 aliphatic rings. The van der Waals surface area contributed by atoms with Crippen molar-refractivity contribution < 1.29 is 14.3 Å². The minimum Gasteiger partial charge on any atom is -0.493 e. The summed E-state index contributed by atoms with van der Waals surface area (Å²) in [6, 6.07) is 5.92. The third-order valence-electron chi connectivity index (χ3n) is 6.93. The molecule has 0 radical (unpaired) electrons. The van der Waals surface area contributed by atoms with Gasteiger partial charge in [-0.3, -0.25) is 4.79 Å². The van der Waals surface area contributed by atoms with Crippen molar-refractivity contribution in [3.8, 4) is 11.5 Å². The molecule has 0 aliphatic heterocycles. The summed E-state index contributed by atoms with van der Waals surface area (Å²) < 4.78 is 11.7. The third-order valence-corrected chi connectivity index (χ3v) is 6.93. The predicted molar refractivity (Wildman–Crippen MR) is 105 cm³/mol. The van der Waals surface area contributed by atoms with E-state index in [4.69, 9.17) is 15.2 Å². The van der Waals surface area contributed by atoms with E-state index in [1.807, 2.05) is 25.1 Å². The Balaban J connectivity index is 1.42. The highest BCUT2D eigenvalue weighted by Gasteiger charge is 2.49. The summed E-state index contributed by atoms with van der Waals surface area (Å²) in [6.07, 6.45) is 8.44. The summed E-state index contributed by atoms with van der Waals surface area (Å²) in [6.45, 7) is 2.02. The maximum absolute atomic E-state index is 12.8. The molecule has 27 heavy (non-hydrogen) atoms. The molecule has 2 bridgehead atoms. The van der Waals surface area contributed by atoms with E-state index in [1.54, 1.807) is 7.11 Å². The van der Waals surface area contributed by atoms with Crippen molar-refractivity contribution in [1.82, 2.24) is 5.32 Å². The summed E-state index contributed by atoms with van der Waals surface area (Å²) >= 11 is 0. The number of rotatable bonds is 6. The van der Waals surface area contributed by atoms with Crippen molar-refractivity contribution in [3.05, 3.63) is 23.8 Å². The Morgan fingerprint density at radius 1 is 1.15 bits per heavy atom. The third kappa shape index (κ3) is 3.66. The van der Waals surface area contributed by atoms with Crippen LogP contribution in [-0.4, -0.2) is 25.2 Å². The highest BCUT2D eigenvalue weighted by Crippen LogP contribution is 2.47. The smallest absolute Gasteiger partial charge is 0.225 e. The molecule has 5 unspecified atom stereocenters. The molecule has 0 spiro atoms. The van der Waals surface area contributed by atoms with Gasteiger partial charge in [0.15, 0.2) is 11.5 Å². The van der Waals surface area contributed by atoms with Crippen LogP contribution in [0.3, 0.4) is 0 Å². The van der Waals surface area contributed by atoms with Gasteiger partial charge >= 0.3 is 0 Å². The van der Waals surface area contributed by atoms with Crippen LogP contribution in [0.25, 0.3) is 0 Å². The van der Waals surface area contributed by atoms with Crippen LogP contribution in [0, 0.1) is 17.8 Å². The minimum atomic E-state index is -0.0849. The summed E-state index contributed by atoms with van der Waals surface area (Å²) in [5, 5.41) is 3.18. The van der Waals surface area contributed by atoms with Gasteiger partial charge in [0.25, 0.3) is 0 Å². The standard InChI is InChI=1S/C22H32N2O3/c1-13(24-22(25)20-15-7-8-16(11-15)21(20)23)14-9-10-18(19(12-14)26-2)27-17-5-3-4-6-17/h9-10,12-13,15-17,20-21H,3-8,11,23H2,1-2H3,(H,24,25). The van der Waals surface area contributed by atoms with Gasteiger partial charge < -0.3 is 20.5 Å². The zero-order valence-corrected chi connectivity index (χ0v) is 16.4. The number of nitrogens with two attached hydrogens (primary N) is 1. The molecule has 5 heteroatoms. The number of ether oxygens (including phenoxy) is 2. The fourth-order valence-corrected chi connectivity index (χ4v) is 5.35. The highest BCUT2D eigenvalue weighted by molar-refractivity contribution is 5.81. The molecule has 5 atom stereocenters. The molecule has 0 saturated heterocycles. The Morgan fingerprint density at radius 3 is 2.56 bits per heavy atom. The number of hydrogen-bond acceptors (Lipinski definition) is 4.